The van der Waals surface area contributed by atoms with Gasteiger partial charge in [-0.25, -0.2) is 0 Å². The summed E-state index contributed by atoms with van der Waals surface area (Å²) in [6.07, 6.45) is -3.21. The first-order valence-corrected chi connectivity index (χ1v) is 21.6. The molecule has 0 bridgehead atoms. The Bertz CT molecular complexity index is 1640. The molecule has 242 valence electrons. The number of rotatable bonds is 9. The Morgan fingerprint density at radius 2 is 1.32 bits per heavy atom. The van der Waals surface area contributed by atoms with Crippen molar-refractivity contribution in [1.82, 2.24) is 5.48 Å². The summed E-state index contributed by atoms with van der Waals surface area (Å²) in [7, 11) is 1.42. The third-order valence-corrected chi connectivity index (χ3v) is 23.4. The molecule has 2 N–H and O–H groups in total. The Labute approximate surface area is 279 Å². The van der Waals surface area contributed by atoms with E-state index in [2.05, 4.69) is 41.9 Å². The summed E-state index contributed by atoms with van der Waals surface area (Å²) in [5.74, 6) is -1.43. The molecule has 0 unspecified atom stereocenters. The van der Waals surface area contributed by atoms with Crippen LogP contribution >= 0.6 is 0 Å². The number of carbonyl (C=O) groups excluding carboxylic acids is 1. The van der Waals surface area contributed by atoms with Crippen LogP contribution in [0.1, 0.15) is 25.8 Å². The van der Waals surface area contributed by atoms with Gasteiger partial charge in [0.25, 0.3) is 0 Å². The summed E-state index contributed by atoms with van der Waals surface area (Å²) < 4.78 is 28.8. The zero-order chi connectivity index (χ0) is 32.6. The number of esters is 1. The van der Waals surface area contributed by atoms with Crippen LogP contribution in [0.25, 0.3) is 0 Å². The van der Waals surface area contributed by atoms with Gasteiger partial charge in [-0.05, 0) is 0 Å². The fourth-order valence-electron chi connectivity index (χ4n) is 7.68. The second-order valence-corrected chi connectivity index (χ2v) is 23.3. The predicted octanol–water partition coefficient (Wildman–Crippen LogP) is 3.27. The molecule has 0 aromatic heterocycles. The van der Waals surface area contributed by atoms with Crippen molar-refractivity contribution in [2.45, 2.75) is 62.8 Å². The predicted molar refractivity (Wildman–Crippen MR) is 179 cm³/mol. The maximum atomic E-state index is 14.7. The zero-order valence-corrected chi connectivity index (χ0v) is 29.5. The molecule has 2 saturated heterocycles. The average Bonchev–Trinajstić information content (AvgIpc) is 3.67. The molecule has 9 heteroatoms. The van der Waals surface area contributed by atoms with E-state index in [0.717, 1.165) is 16.3 Å². The number of aliphatic hydroxyl groups excluding tert-OH is 1. The molecule has 4 aromatic rings. The number of carbonyl (C=O) groups is 1. The molecule has 2 aliphatic heterocycles. The molecule has 7 rings (SSSR count). The molecule has 5 atom stereocenters. The number of hydrogen-bond acceptors (Lipinski definition) is 8. The van der Waals surface area contributed by atoms with Crippen LogP contribution < -0.4 is 16.2 Å². The molecule has 3 aliphatic rings. The topological polar surface area (TPSA) is 95.5 Å². The first kappa shape index (κ1) is 32.2. The zero-order valence-electron chi connectivity index (χ0n) is 26.7. The molecule has 3 fully saturated rings. The quantitative estimate of drug-likeness (QED) is 0.117. The van der Waals surface area contributed by atoms with Crippen LogP contribution in [0.4, 0.5) is 0 Å². The van der Waals surface area contributed by atoms with E-state index < -0.39 is 60.3 Å². The third-order valence-electron chi connectivity index (χ3n) is 9.51. The second-order valence-electron chi connectivity index (χ2n) is 12.7. The fraction of sp³-hybridized carbons (Fsp3) is 0.289. The van der Waals surface area contributed by atoms with Gasteiger partial charge in [-0.1, -0.05) is 0 Å². The van der Waals surface area contributed by atoms with Crippen LogP contribution in [-0.2, 0) is 35.2 Å². The monoisotopic (exact) mass is 741 g/mol. The van der Waals surface area contributed by atoms with E-state index in [0.29, 0.717) is 9.16 Å². The molecular weight excluding hydrogens is 701 g/mol. The number of ether oxygens (including phenoxy) is 4. The summed E-state index contributed by atoms with van der Waals surface area (Å²) in [6.45, 7) is 3.90. The normalized spacial score (nSPS) is 27.2. The van der Waals surface area contributed by atoms with E-state index in [1.165, 1.54) is 7.11 Å². The molecule has 0 amide bonds. The molecule has 47 heavy (non-hydrogen) atoms. The molecule has 1 aliphatic carbocycles. The van der Waals surface area contributed by atoms with Gasteiger partial charge >= 0.3 is 280 Å². The van der Waals surface area contributed by atoms with Gasteiger partial charge in [-0.15, -0.1) is 0 Å². The molecule has 8 nitrogen and oxygen atoms in total. The van der Waals surface area contributed by atoms with Crippen LogP contribution in [0.15, 0.2) is 130 Å². The van der Waals surface area contributed by atoms with E-state index >= 15 is 0 Å². The van der Waals surface area contributed by atoms with Crippen LogP contribution in [0.5, 0.6) is 0 Å². The molecule has 0 radical (unpaired) electrons. The van der Waals surface area contributed by atoms with Crippen molar-refractivity contribution < 1.29 is 33.7 Å². The number of aliphatic hydroxyl groups is 1. The number of fused-ring (bicyclic) bond motifs is 3. The van der Waals surface area contributed by atoms with Gasteiger partial charge in [0.15, 0.2) is 0 Å². The van der Waals surface area contributed by atoms with Gasteiger partial charge in [-0.2, -0.15) is 0 Å². The average molecular weight is 740 g/mol. The summed E-state index contributed by atoms with van der Waals surface area (Å²) in [4.78, 5) is 21.0. The summed E-state index contributed by atoms with van der Waals surface area (Å²) in [5, 5.41) is 11.8. The van der Waals surface area contributed by atoms with E-state index in [9.17, 15) is 9.90 Å². The molecule has 4 aromatic carbocycles. The van der Waals surface area contributed by atoms with Gasteiger partial charge in [0.05, 0.1) is 0 Å². The van der Waals surface area contributed by atoms with Crippen molar-refractivity contribution >= 4 is 35.1 Å². The van der Waals surface area contributed by atoms with Crippen molar-refractivity contribution in [1.29, 1.82) is 0 Å². The first-order valence-electron chi connectivity index (χ1n) is 15.9. The third kappa shape index (κ3) is 5.46. The second kappa shape index (κ2) is 12.9. The van der Waals surface area contributed by atoms with E-state index in [4.69, 9.17) is 23.8 Å². The van der Waals surface area contributed by atoms with E-state index in [-0.39, 0.29) is 13.0 Å². The van der Waals surface area contributed by atoms with Gasteiger partial charge in [0.2, 0.25) is 0 Å². The Kier molecular flexibility index (Phi) is 8.86. The van der Waals surface area contributed by atoms with Crippen molar-refractivity contribution in [2.24, 2.45) is 0 Å². The van der Waals surface area contributed by atoms with Crippen molar-refractivity contribution in [3.8, 4) is 0 Å². The molecular formula is C38H39NO7Sn. The number of benzene rings is 4. The number of hydroxylamine groups is 1. The number of methoxy groups -OCH3 is 1. The Morgan fingerprint density at radius 1 is 0.809 bits per heavy atom. The van der Waals surface area contributed by atoms with E-state index in [1.54, 1.807) is 0 Å². The minimum atomic E-state index is -4.65. The van der Waals surface area contributed by atoms with Crippen LogP contribution in [0.2, 0.25) is 0 Å². The molecule has 0 spiro atoms. The maximum absolute atomic E-state index is 14.7. The van der Waals surface area contributed by atoms with Gasteiger partial charge in [0.1, 0.15) is 0 Å². The van der Waals surface area contributed by atoms with Crippen molar-refractivity contribution in [3.63, 3.8) is 0 Å². The SMILES string of the molecule is COC(=O)/[C](=C1/C[C@@H](O)[C@H]2O[C@@H]3OC(C)(C)O[C@@H]3[C@@]12NOCc1ccccc1)[Sn]([c]1ccccc1)([c]1ccccc1)[c]1ccccc1. The van der Waals surface area contributed by atoms with Gasteiger partial charge in [0, 0.05) is 0 Å². The summed E-state index contributed by atoms with van der Waals surface area (Å²) in [6, 6.07) is 40.5. The van der Waals surface area contributed by atoms with Crippen molar-refractivity contribution in [2.75, 3.05) is 7.11 Å². The van der Waals surface area contributed by atoms with Crippen molar-refractivity contribution in [3.05, 3.63) is 136 Å². The Hall–Kier alpha value is -3.35. The number of nitrogens with one attached hydrogen (secondary N) is 1. The summed E-state index contributed by atoms with van der Waals surface area (Å²) >= 11 is -4.65. The first-order chi connectivity index (χ1) is 22.8. The van der Waals surface area contributed by atoms with Gasteiger partial charge in [-0.3, -0.25) is 0 Å². The van der Waals surface area contributed by atoms with Crippen LogP contribution in [0, 0.1) is 0 Å². The van der Waals surface area contributed by atoms with Gasteiger partial charge < -0.3 is 0 Å². The Morgan fingerprint density at radius 3 is 1.83 bits per heavy atom. The number of hydrogen-bond donors (Lipinski definition) is 2. The standard InChI is InChI=1S/C20H24NO7.3C6H5.Sn/c1-19(2)27-17-18(28-19)26-16-14(22)9-13(10-15(23)24-3)20(16,17)21-25-11-12-7-5-4-6-8-12;3*1-2-4-6-5-3-1;/h4-8,14,16-18,21-22H,9,11H2,1-3H3;3*1-5H;/t14-,16-,17+,18-,20-;;;;/m1..../s1. The fourth-order valence-corrected chi connectivity index (χ4v) is 22.3. The minimum absolute atomic E-state index is 0.148. The van der Waals surface area contributed by atoms with Crippen LogP contribution in [0.3, 0.4) is 0 Å². The van der Waals surface area contributed by atoms with E-state index in [1.807, 2.05) is 98.8 Å². The van der Waals surface area contributed by atoms with Crippen LogP contribution in [-0.4, -0.2) is 72.5 Å². The summed E-state index contributed by atoms with van der Waals surface area (Å²) in [5.41, 5.74) is 3.70. The molecule has 2 heterocycles. The molecule has 1 saturated carbocycles. The Balaban J connectivity index is 1.54.